The quantitative estimate of drug-likeness (QED) is 0.811. The molecule has 2 heterocycles. The van der Waals surface area contributed by atoms with Crippen LogP contribution in [0.5, 0.6) is 0 Å². The van der Waals surface area contributed by atoms with Gasteiger partial charge in [0.1, 0.15) is 0 Å². The van der Waals surface area contributed by atoms with Crippen LogP contribution in [0.2, 0.25) is 0 Å². The van der Waals surface area contributed by atoms with Crippen LogP contribution in [0.1, 0.15) is 39.5 Å². The summed E-state index contributed by atoms with van der Waals surface area (Å²) in [5.74, 6) is 0.756. The summed E-state index contributed by atoms with van der Waals surface area (Å²) in [4.78, 5) is 5.33. The molecule has 2 fully saturated rings. The van der Waals surface area contributed by atoms with Crippen molar-refractivity contribution in [3.8, 4) is 0 Å². The average Bonchev–Trinajstić information content (AvgIpc) is 2.39. The highest BCUT2D eigenvalue weighted by Gasteiger charge is 2.28. The summed E-state index contributed by atoms with van der Waals surface area (Å²) in [6.07, 6.45) is 5.41. The molecule has 0 aliphatic carbocycles. The zero-order valence-electron chi connectivity index (χ0n) is 11.6. The molecule has 0 spiro atoms. The van der Waals surface area contributed by atoms with E-state index >= 15 is 0 Å². The number of hydrogen-bond acceptors (Lipinski definition) is 3. The summed E-state index contributed by atoms with van der Waals surface area (Å²) in [5, 5.41) is 0. The molecule has 0 bridgehead atoms. The van der Waals surface area contributed by atoms with Gasteiger partial charge in [-0.3, -0.25) is 4.90 Å². The number of hydrogen-bond donors (Lipinski definition) is 1. The van der Waals surface area contributed by atoms with Gasteiger partial charge in [-0.25, -0.2) is 0 Å². The molecule has 2 rings (SSSR count). The van der Waals surface area contributed by atoms with Crippen molar-refractivity contribution in [2.75, 3.05) is 32.7 Å². The van der Waals surface area contributed by atoms with Crippen LogP contribution >= 0.6 is 0 Å². The molecule has 17 heavy (non-hydrogen) atoms. The van der Waals surface area contributed by atoms with E-state index in [0.717, 1.165) is 18.5 Å². The van der Waals surface area contributed by atoms with Crippen LogP contribution < -0.4 is 5.73 Å². The molecule has 2 aliphatic rings. The van der Waals surface area contributed by atoms with Crippen molar-refractivity contribution >= 4 is 0 Å². The molecule has 0 amide bonds. The monoisotopic (exact) mass is 239 g/mol. The van der Waals surface area contributed by atoms with Crippen molar-refractivity contribution in [1.82, 2.24) is 9.80 Å². The minimum atomic E-state index is 0.717. The fraction of sp³-hybridized carbons (Fsp3) is 1.00. The summed E-state index contributed by atoms with van der Waals surface area (Å²) >= 11 is 0. The van der Waals surface area contributed by atoms with Crippen molar-refractivity contribution in [3.05, 3.63) is 0 Å². The van der Waals surface area contributed by atoms with Crippen LogP contribution in [-0.4, -0.2) is 54.6 Å². The van der Waals surface area contributed by atoms with E-state index in [2.05, 4.69) is 23.6 Å². The van der Waals surface area contributed by atoms with Gasteiger partial charge >= 0.3 is 0 Å². The molecule has 0 saturated carbocycles. The van der Waals surface area contributed by atoms with E-state index in [1.807, 2.05) is 0 Å². The third kappa shape index (κ3) is 3.43. The smallest absolute Gasteiger partial charge is 0.0120 e. The van der Waals surface area contributed by atoms with Gasteiger partial charge in [-0.1, -0.05) is 0 Å². The first-order valence-electron chi connectivity index (χ1n) is 7.39. The van der Waals surface area contributed by atoms with E-state index in [1.54, 1.807) is 0 Å². The van der Waals surface area contributed by atoms with Gasteiger partial charge in [0.15, 0.2) is 0 Å². The molecule has 0 aromatic heterocycles. The molecule has 2 N–H and O–H groups in total. The first-order valence-corrected chi connectivity index (χ1v) is 7.39. The Labute approximate surface area is 106 Å². The number of piperidine rings is 2. The molecule has 2 aliphatic heterocycles. The first-order chi connectivity index (χ1) is 8.20. The highest BCUT2D eigenvalue weighted by Crippen LogP contribution is 2.23. The maximum absolute atomic E-state index is 5.82. The Morgan fingerprint density at radius 1 is 1.12 bits per heavy atom. The highest BCUT2D eigenvalue weighted by molar-refractivity contribution is 4.84. The summed E-state index contributed by atoms with van der Waals surface area (Å²) in [7, 11) is 0. The van der Waals surface area contributed by atoms with E-state index in [1.165, 1.54) is 51.9 Å². The lowest BCUT2D eigenvalue weighted by atomic mass is 9.94. The zero-order chi connectivity index (χ0) is 12.3. The van der Waals surface area contributed by atoms with Gasteiger partial charge < -0.3 is 10.6 Å². The Hall–Kier alpha value is -0.120. The Kier molecular flexibility index (Phi) is 4.83. The molecule has 2 saturated heterocycles. The molecule has 3 heteroatoms. The van der Waals surface area contributed by atoms with Gasteiger partial charge in [0, 0.05) is 18.6 Å². The molecule has 0 aromatic rings. The topological polar surface area (TPSA) is 32.5 Å². The predicted molar refractivity (Wildman–Crippen MR) is 73.1 cm³/mol. The van der Waals surface area contributed by atoms with Crippen molar-refractivity contribution in [2.45, 2.75) is 51.6 Å². The van der Waals surface area contributed by atoms with E-state index in [4.69, 9.17) is 5.73 Å². The maximum Gasteiger partial charge on any atom is 0.0120 e. The normalized spacial score (nSPS) is 30.0. The lowest BCUT2D eigenvalue weighted by Gasteiger charge is -2.43. The summed E-state index contributed by atoms with van der Waals surface area (Å²) in [6.45, 7) is 10.6. The van der Waals surface area contributed by atoms with Gasteiger partial charge in [0.25, 0.3) is 0 Å². The number of likely N-dealkylation sites (tertiary alicyclic amines) is 2. The van der Waals surface area contributed by atoms with Crippen LogP contribution in [-0.2, 0) is 0 Å². The SMILES string of the molecule is CC(C)N1CCC(N2CCCC(CN)C2)CC1. The Morgan fingerprint density at radius 2 is 1.82 bits per heavy atom. The van der Waals surface area contributed by atoms with Crippen molar-refractivity contribution in [1.29, 1.82) is 0 Å². The van der Waals surface area contributed by atoms with Gasteiger partial charge in [-0.2, -0.15) is 0 Å². The molecule has 0 radical (unpaired) electrons. The van der Waals surface area contributed by atoms with Crippen LogP contribution in [0.4, 0.5) is 0 Å². The maximum atomic E-state index is 5.82. The minimum Gasteiger partial charge on any atom is -0.330 e. The lowest BCUT2D eigenvalue weighted by molar-refractivity contribution is 0.0634. The molecular weight excluding hydrogens is 210 g/mol. The predicted octanol–water partition coefficient (Wildman–Crippen LogP) is 1.53. The minimum absolute atomic E-state index is 0.717. The lowest BCUT2D eigenvalue weighted by Crippen LogP contribution is -2.50. The summed E-state index contributed by atoms with van der Waals surface area (Å²) in [5.41, 5.74) is 5.82. The molecule has 0 aromatic carbocycles. The van der Waals surface area contributed by atoms with Crippen LogP contribution in [0.15, 0.2) is 0 Å². The van der Waals surface area contributed by atoms with Gasteiger partial charge in [-0.05, 0) is 71.6 Å². The number of rotatable bonds is 3. The van der Waals surface area contributed by atoms with E-state index in [9.17, 15) is 0 Å². The van der Waals surface area contributed by atoms with Gasteiger partial charge in [0.2, 0.25) is 0 Å². The third-order valence-corrected chi connectivity index (χ3v) is 4.63. The van der Waals surface area contributed by atoms with Crippen LogP contribution in [0.3, 0.4) is 0 Å². The van der Waals surface area contributed by atoms with Crippen molar-refractivity contribution in [2.24, 2.45) is 11.7 Å². The summed E-state index contributed by atoms with van der Waals surface area (Å²) < 4.78 is 0. The average molecular weight is 239 g/mol. The second kappa shape index (κ2) is 6.17. The molecule has 3 nitrogen and oxygen atoms in total. The third-order valence-electron chi connectivity index (χ3n) is 4.63. The van der Waals surface area contributed by atoms with E-state index in [-0.39, 0.29) is 0 Å². The van der Waals surface area contributed by atoms with Gasteiger partial charge in [0.05, 0.1) is 0 Å². The number of nitrogens with two attached hydrogens (primary N) is 1. The van der Waals surface area contributed by atoms with Gasteiger partial charge in [-0.15, -0.1) is 0 Å². The standard InChI is InChI=1S/C14H29N3/c1-12(2)16-8-5-14(6-9-16)17-7-3-4-13(10-15)11-17/h12-14H,3-11,15H2,1-2H3. The number of nitrogens with zero attached hydrogens (tertiary/aromatic N) is 2. The summed E-state index contributed by atoms with van der Waals surface area (Å²) in [6, 6.07) is 1.55. The zero-order valence-corrected chi connectivity index (χ0v) is 11.6. The molecule has 1 unspecified atom stereocenters. The Morgan fingerprint density at radius 3 is 2.41 bits per heavy atom. The molecular formula is C14H29N3. The van der Waals surface area contributed by atoms with E-state index in [0.29, 0.717) is 6.04 Å². The van der Waals surface area contributed by atoms with Crippen LogP contribution in [0, 0.1) is 5.92 Å². The second-order valence-corrected chi connectivity index (χ2v) is 6.10. The van der Waals surface area contributed by atoms with Crippen LogP contribution in [0.25, 0.3) is 0 Å². The Balaban J connectivity index is 1.80. The fourth-order valence-electron chi connectivity index (χ4n) is 3.39. The van der Waals surface area contributed by atoms with E-state index < -0.39 is 0 Å². The highest BCUT2D eigenvalue weighted by atomic mass is 15.2. The molecule has 1 atom stereocenters. The van der Waals surface area contributed by atoms with Crippen molar-refractivity contribution < 1.29 is 0 Å². The largest absolute Gasteiger partial charge is 0.330 e. The Bertz CT molecular complexity index is 222. The fourth-order valence-corrected chi connectivity index (χ4v) is 3.39. The molecule has 100 valence electrons. The second-order valence-electron chi connectivity index (χ2n) is 6.10. The first kappa shape index (κ1) is 13.3. The van der Waals surface area contributed by atoms with Crippen molar-refractivity contribution in [3.63, 3.8) is 0 Å².